The molecule has 3 aromatic rings. The molecular weight excluding hydrogens is 400 g/mol. The van der Waals surface area contributed by atoms with Gasteiger partial charge in [-0.1, -0.05) is 35.6 Å². The van der Waals surface area contributed by atoms with Crippen LogP contribution in [0.1, 0.15) is 24.0 Å². The zero-order valence-electron chi connectivity index (χ0n) is 17.1. The number of amides is 1. The molecule has 156 valence electrons. The molecule has 1 saturated heterocycles. The molecule has 1 unspecified atom stereocenters. The molecule has 5 rings (SSSR count). The van der Waals surface area contributed by atoms with Crippen molar-refractivity contribution in [2.45, 2.75) is 38.9 Å². The first-order valence-electron chi connectivity index (χ1n) is 10.3. The molecule has 2 aliphatic heterocycles. The summed E-state index contributed by atoms with van der Waals surface area (Å²) < 4.78 is 18.9. The summed E-state index contributed by atoms with van der Waals surface area (Å²) in [6.07, 6.45) is 1.04. The van der Waals surface area contributed by atoms with Gasteiger partial charge in [0, 0.05) is 25.9 Å². The third-order valence-corrected chi connectivity index (χ3v) is 6.81. The average Bonchev–Trinajstić information content (AvgIpc) is 3.21. The second-order valence-electron chi connectivity index (χ2n) is 7.86. The minimum Gasteiger partial charge on any atom is -0.485 e. The van der Waals surface area contributed by atoms with E-state index in [0.29, 0.717) is 29.8 Å². The van der Waals surface area contributed by atoms with Crippen LogP contribution in [0.4, 0.5) is 0 Å². The van der Waals surface area contributed by atoms with Gasteiger partial charge in [0.1, 0.15) is 12.7 Å². The Morgan fingerprint density at radius 3 is 2.60 bits per heavy atom. The molecular formula is C23H24N2O4S. The Balaban J connectivity index is 1.19. The van der Waals surface area contributed by atoms with Crippen LogP contribution in [-0.2, 0) is 4.79 Å². The lowest BCUT2D eigenvalue weighted by Crippen LogP contribution is -2.50. The predicted molar refractivity (Wildman–Crippen MR) is 116 cm³/mol. The van der Waals surface area contributed by atoms with Crippen molar-refractivity contribution >= 4 is 27.5 Å². The van der Waals surface area contributed by atoms with Gasteiger partial charge in [0.15, 0.2) is 11.5 Å². The highest BCUT2D eigenvalue weighted by atomic mass is 32.1. The van der Waals surface area contributed by atoms with Gasteiger partial charge in [0.25, 0.3) is 11.1 Å². The number of likely N-dealkylation sites (tertiary alicyclic amines) is 1. The van der Waals surface area contributed by atoms with Crippen LogP contribution in [0.5, 0.6) is 16.7 Å². The lowest BCUT2D eigenvalue weighted by Gasteiger charge is -2.35. The Bertz CT molecular complexity index is 1050. The van der Waals surface area contributed by atoms with E-state index < -0.39 is 6.10 Å². The van der Waals surface area contributed by atoms with Crippen molar-refractivity contribution in [1.82, 2.24) is 9.88 Å². The van der Waals surface area contributed by atoms with Crippen LogP contribution in [-0.4, -0.2) is 47.7 Å². The summed E-state index contributed by atoms with van der Waals surface area (Å²) in [5, 5.41) is 0.716. The molecule has 1 fully saturated rings. The zero-order valence-corrected chi connectivity index (χ0v) is 17.9. The van der Waals surface area contributed by atoms with Gasteiger partial charge < -0.3 is 19.1 Å². The fraction of sp³-hybridized carbons (Fsp3) is 0.391. The van der Waals surface area contributed by atoms with E-state index in [1.807, 2.05) is 29.2 Å². The molecule has 0 aliphatic carbocycles. The number of para-hydroxylation sites is 2. The molecule has 6 nitrogen and oxygen atoms in total. The lowest BCUT2D eigenvalue weighted by atomic mass is 10.1. The van der Waals surface area contributed by atoms with Crippen molar-refractivity contribution in [2.75, 3.05) is 19.7 Å². The molecule has 30 heavy (non-hydrogen) atoms. The summed E-state index contributed by atoms with van der Waals surface area (Å²) in [5.74, 6) is 1.30. The first-order chi connectivity index (χ1) is 14.6. The maximum absolute atomic E-state index is 12.9. The second kappa shape index (κ2) is 7.80. The topological polar surface area (TPSA) is 60.9 Å². The summed E-state index contributed by atoms with van der Waals surface area (Å²) in [4.78, 5) is 19.4. The maximum atomic E-state index is 12.9. The number of rotatable bonds is 3. The SMILES string of the molecule is Cc1ccc(C)c2sc(OC3CCN(C(=O)C4COc5ccccc5O4)CC3)nc12. The van der Waals surface area contributed by atoms with Gasteiger partial charge in [-0.3, -0.25) is 4.79 Å². The minimum atomic E-state index is -0.590. The van der Waals surface area contributed by atoms with E-state index in [4.69, 9.17) is 19.2 Å². The molecule has 2 aliphatic rings. The third kappa shape index (κ3) is 3.58. The first kappa shape index (κ1) is 19.2. The van der Waals surface area contributed by atoms with Crippen LogP contribution in [0.15, 0.2) is 36.4 Å². The molecule has 1 atom stereocenters. The van der Waals surface area contributed by atoms with E-state index in [1.54, 1.807) is 11.3 Å². The van der Waals surface area contributed by atoms with Crippen molar-refractivity contribution in [3.05, 3.63) is 47.5 Å². The Morgan fingerprint density at radius 2 is 1.83 bits per heavy atom. The molecule has 0 bridgehead atoms. The summed E-state index contributed by atoms with van der Waals surface area (Å²) in [6.45, 7) is 5.71. The van der Waals surface area contributed by atoms with Gasteiger partial charge in [-0.05, 0) is 37.1 Å². The Morgan fingerprint density at radius 1 is 1.10 bits per heavy atom. The largest absolute Gasteiger partial charge is 0.485 e. The van der Waals surface area contributed by atoms with Crippen LogP contribution in [0.3, 0.4) is 0 Å². The van der Waals surface area contributed by atoms with Crippen molar-refractivity contribution < 1.29 is 19.0 Å². The number of ether oxygens (including phenoxy) is 3. The number of benzene rings is 2. The van der Waals surface area contributed by atoms with E-state index in [-0.39, 0.29) is 18.6 Å². The number of hydrogen-bond donors (Lipinski definition) is 0. The van der Waals surface area contributed by atoms with Crippen LogP contribution >= 0.6 is 11.3 Å². The highest BCUT2D eigenvalue weighted by Gasteiger charge is 2.33. The number of carbonyl (C=O) groups is 1. The molecule has 0 saturated carbocycles. The van der Waals surface area contributed by atoms with Gasteiger partial charge in [0.2, 0.25) is 6.10 Å². The number of aromatic nitrogens is 1. The van der Waals surface area contributed by atoms with Gasteiger partial charge >= 0.3 is 0 Å². The molecule has 0 N–H and O–H groups in total. The Kier molecular flexibility index (Phi) is 4.98. The molecule has 2 aromatic carbocycles. The standard InChI is InChI=1S/C23H24N2O4S/c1-14-7-8-15(2)21-20(14)24-23(30-21)28-16-9-11-25(12-10-16)22(26)19-13-27-17-5-3-4-6-18(17)29-19/h3-8,16,19H,9-13H2,1-2H3. The van der Waals surface area contributed by atoms with Crippen molar-refractivity contribution in [1.29, 1.82) is 0 Å². The lowest BCUT2D eigenvalue weighted by molar-refractivity contribution is -0.143. The monoisotopic (exact) mass is 424 g/mol. The summed E-state index contributed by atoms with van der Waals surface area (Å²) in [5.41, 5.74) is 3.41. The van der Waals surface area contributed by atoms with Gasteiger partial charge in [-0.25, -0.2) is 4.98 Å². The highest BCUT2D eigenvalue weighted by Crippen LogP contribution is 2.34. The maximum Gasteiger partial charge on any atom is 0.274 e. The smallest absolute Gasteiger partial charge is 0.274 e. The minimum absolute atomic E-state index is 0.0193. The van der Waals surface area contributed by atoms with Crippen molar-refractivity contribution in [2.24, 2.45) is 0 Å². The summed E-state index contributed by atoms with van der Waals surface area (Å²) in [7, 11) is 0. The first-order valence-corrected chi connectivity index (χ1v) is 11.1. The number of thiazole rings is 1. The van der Waals surface area contributed by atoms with Crippen LogP contribution in [0.25, 0.3) is 10.2 Å². The second-order valence-corrected chi connectivity index (χ2v) is 8.83. The fourth-order valence-corrected chi connectivity index (χ4v) is 5.00. The molecule has 0 spiro atoms. The summed E-state index contributed by atoms with van der Waals surface area (Å²) >= 11 is 1.60. The van der Waals surface area contributed by atoms with Crippen LogP contribution in [0.2, 0.25) is 0 Å². The number of aryl methyl sites for hydroxylation is 2. The molecule has 1 amide bonds. The molecule has 3 heterocycles. The van der Waals surface area contributed by atoms with E-state index in [1.165, 1.54) is 15.8 Å². The Labute approximate surface area is 179 Å². The fourth-order valence-electron chi connectivity index (χ4n) is 3.97. The number of carbonyl (C=O) groups excluding carboxylic acids is 1. The predicted octanol–water partition coefficient (Wildman–Crippen LogP) is 4.12. The summed E-state index contributed by atoms with van der Waals surface area (Å²) in [6, 6.07) is 11.7. The van der Waals surface area contributed by atoms with E-state index in [9.17, 15) is 4.79 Å². The van der Waals surface area contributed by atoms with Gasteiger partial charge in [0.05, 0.1) is 10.2 Å². The quantitative estimate of drug-likeness (QED) is 0.633. The molecule has 1 aromatic heterocycles. The number of hydrogen-bond acceptors (Lipinski definition) is 6. The third-order valence-electron chi connectivity index (χ3n) is 5.73. The number of nitrogens with zero attached hydrogens (tertiary/aromatic N) is 2. The highest BCUT2D eigenvalue weighted by molar-refractivity contribution is 7.20. The Hall–Kier alpha value is -2.80. The van der Waals surface area contributed by atoms with E-state index in [2.05, 4.69) is 26.0 Å². The van der Waals surface area contributed by atoms with E-state index >= 15 is 0 Å². The van der Waals surface area contributed by atoms with E-state index in [0.717, 1.165) is 18.4 Å². The average molecular weight is 425 g/mol. The van der Waals surface area contributed by atoms with Gasteiger partial charge in [-0.2, -0.15) is 0 Å². The zero-order chi connectivity index (χ0) is 20.7. The van der Waals surface area contributed by atoms with Crippen LogP contribution in [0, 0.1) is 13.8 Å². The van der Waals surface area contributed by atoms with Gasteiger partial charge in [-0.15, -0.1) is 0 Å². The molecule has 7 heteroatoms. The van der Waals surface area contributed by atoms with Crippen molar-refractivity contribution in [3.63, 3.8) is 0 Å². The number of fused-ring (bicyclic) bond motifs is 2. The molecule has 0 radical (unpaired) electrons. The normalized spacial score (nSPS) is 19.1. The van der Waals surface area contributed by atoms with Crippen LogP contribution < -0.4 is 14.2 Å². The van der Waals surface area contributed by atoms with Crippen molar-refractivity contribution in [3.8, 4) is 16.7 Å². The number of piperidine rings is 1.